The maximum absolute atomic E-state index is 6.31. The van der Waals surface area contributed by atoms with E-state index in [2.05, 4.69) is 241 Å². The lowest BCUT2D eigenvalue weighted by Gasteiger charge is -2.34. The van der Waals surface area contributed by atoms with Crippen molar-refractivity contribution < 1.29 is 4.42 Å². The Balaban J connectivity index is 0.967. The number of fused-ring (bicyclic) bond motifs is 6. The number of aromatic nitrogens is 4. The molecule has 324 valence electrons. The van der Waals surface area contributed by atoms with Crippen LogP contribution in [0.5, 0.6) is 0 Å². The van der Waals surface area contributed by atoms with Crippen LogP contribution >= 0.6 is 0 Å². The standard InChI is InChI=1S/C63H42N4OSi/c1-4-20-48(21-5-1)69(49-22-6-2-7-23-49,50-24-8-3-9-25-50)51-40-36-44(37-41-51)62-64-61(43-34-38-47(39-35-43)67-56-30-13-10-26-53(56)54-27-11-14-31-57(54)67)65-63(66-62)46-19-16-18-45(42-46)52-29-17-33-59-60(52)55-28-12-15-32-58(55)68-59/h1-42H. The van der Waals surface area contributed by atoms with Crippen molar-refractivity contribution in [2.24, 2.45) is 0 Å². The highest BCUT2D eigenvalue weighted by Gasteiger charge is 2.41. The fourth-order valence-corrected chi connectivity index (χ4v) is 15.2. The number of furan rings is 1. The van der Waals surface area contributed by atoms with E-state index in [1.165, 1.54) is 31.5 Å². The lowest BCUT2D eigenvalue weighted by molar-refractivity contribution is 0.669. The van der Waals surface area contributed by atoms with Gasteiger partial charge in [0, 0.05) is 43.9 Å². The molecule has 0 radical (unpaired) electrons. The molecule has 13 rings (SSSR count). The van der Waals surface area contributed by atoms with Gasteiger partial charge < -0.3 is 8.98 Å². The fraction of sp³-hybridized carbons (Fsp3) is 0. The summed E-state index contributed by atoms with van der Waals surface area (Å²) in [6.45, 7) is 0. The number of benzene rings is 10. The van der Waals surface area contributed by atoms with Crippen LogP contribution in [0.3, 0.4) is 0 Å². The Morgan fingerprint density at radius 2 is 0.754 bits per heavy atom. The summed E-state index contributed by atoms with van der Waals surface area (Å²) in [4.78, 5) is 15.8. The van der Waals surface area contributed by atoms with Crippen LogP contribution in [-0.2, 0) is 0 Å². The molecule has 0 amide bonds. The number of para-hydroxylation sites is 3. The number of nitrogens with zero attached hydrogens (tertiary/aromatic N) is 4. The van der Waals surface area contributed by atoms with Crippen LogP contribution in [0.1, 0.15) is 0 Å². The van der Waals surface area contributed by atoms with Gasteiger partial charge in [0.25, 0.3) is 0 Å². The third kappa shape index (κ3) is 6.80. The van der Waals surface area contributed by atoms with E-state index in [0.29, 0.717) is 17.5 Å². The predicted octanol–water partition coefficient (Wildman–Crippen LogP) is 12.9. The summed E-state index contributed by atoms with van der Waals surface area (Å²) in [7, 11) is -2.75. The second kappa shape index (κ2) is 16.7. The molecule has 0 aliphatic heterocycles. The molecular weight excluding hydrogens is 857 g/mol. The molecule has 0 atom stereocenters. The zero-order valence-electron chi connectivity index (χ0n) is 37.4. The third-order valence-electron chi connectivity index (χ3n) is 13.6. The SMILES string of the molecule is c1ccc([Si](c2ccccc2)(c2ccccc2)c2ccc(-c3nc(-c4ccc(-n5c6ccccc6c6ccccc65)cc4)nc(-c4cccc(-c5cccc6oc7ccccc7c56)c4)n3)cc2)cc1. The van der Waals surface area contributed by atoms with E-state index in [4.69, 9.17) is 19.4 Å². The Kier molecular flexibility index (Phi) is 9.77. The van der Waals surface area contributed by atoms with Gasteiger partial charge in [-0.05, 0) is 86.5 Å². The molecule has 69 heavy (non-hydrogen) atoms. The van der Waals surface area contributed by atoms with Crippen molar-refractivity contribution >= 4 is 72.6 Å². The summed E-state index contributed by atoms with van der Waals surface area (Å²) < 4.78 is 8.64. The van der Waals surface area contributed by atoms with E-state index in [1.54, 1.807) is 0 Å². The quantitative estimate of drug-likeness (QED) is 0.107. The predicted molar refractivity (Wildman–Crippen MR) is 287 cm³/mol. The molecule has 6 heteroatoms. The average molecular weight is 899 g/mol. The van der Waals surface area contributed by atoms with Crippen molar-refractivity contribution in [2.45, 2.75) is 0 Å². The normalized spacial score (nSPS) is 11.8. The maximum Gasteiger partial charge on any atom is 0.179 e. The van der Waals surface area contributed by atoms with Crippen LogP contribution in [0.2, 0.25) is 0 Å². The van der Waals surface area contributed by atoms with E-state index >= 15 is 0 Å². The minimum absolute atomic E-state index is 0.596. The van der Waals surface area contributed by atoms with Gasteiger partial charge in [-0.25, -0.2) is 15.0 Å². The molecule has 0 spiro atoms. The zero-order chi connectivity index (χ0) is 45.7. The molecule has 3 aromatic heterocycles. The number of hydrogen-bond donors (Lipinski definition) is 0. The van der Waals surface area contributed by atoms with E-state index in [-0.39, 0.29) is 0 Å². The maximum atomic E-state index is 6.31. The highest BCUT2D eigenvalue weighted by Crippen LogP contribution is 2.38. The molecule has 0 fully saturated rings. The van der Waals surface area contributed by atoms with E-state index < -0.39 is 8.07 Å². The first-order valence-corrected chi connectivity index (χ1v) is 25.3. The summed E-state index contributed by atoms with van der Waals surface area (Å²) in [6.07, 6.45) is 0. The van der Waals surface area contributed by atoms with Crippen LogP contribution in [0, 0.1) is 0 Å². The topological polar surface area (TPSA) is 56.7 Å². The summed E-state index contributed by atoms with van der Waals surface area (Å²) in [5, 5.41) is 9.88. The van der Waals surface area contributed by atoms with Crippen molar-refractivity contribution in [3.63, 3.8) is 0 Å². The molecule has 0 bridgehead atoms. The van der Waals surface area contributed by atoms with Crippen LogP contribution in [-0.4, -0.2) is 27.6 Å². The Bertz CT molecular complexity index is 3850. The summed E-state index contributed by atoms with van der Waals surface area (Å²) in [5.41, 5.74) is 9.97. The molecule has 0 N–H and O–H groups in total. The van der Waals surface area contributed by atoms with Gasteiger partial charge in [0.05, 0.1) is 11.0 Å². The smallest absolute Gasteiger partial charge is 0.179 e. The molecule has 0 unspecified atom stereocenters. The first-order valence-electron chi connectivity index (χ1n) is 23.3. The fourth-order valence-electron chi connectivity index (χ4n) is 10.5. The molecule has 3 heterocycles. The van der Waals surface area contributed by atoms with Crippen molar-refractivity contribution in [2.75, 3.05) is 0 Å². The zero-order valence-corrected chi connectivity index (χ0v) is 38.4. The van der Waals surface area contributed by atoms with Crippen LogP contribution in [0.4, 0.5) is 0 Å². The van der Waals surface area contributed by atoms with Gasteiger partial charge in [-0.15, -0.1) is 0 Å². The molecule has 0 saturated carbocycles. The lowest BCUT2D eigenvalue weighted by atomic mass is 9.98. The van der Waals surface area contributed by atoms with Gasteiger partial charge in [0.2, 0.25) is 0 Å². The van der Waals surface area contributed by atoms with Crippen molar-refractivity contribution in [1.82, 2.24) is 19.5 Å². The third-order valence-corrected chi connectivity index (χ3v) is 18.4. The summed E-state index contributed by atoms with van der Waals surface area (Å²) in [6, 6.07) is 90.8. The van der Waals surface area contributed by atoms with E-state index in [0.717, 1.165) is 66.5 Å². The first kappa shape index (κ1) is 40.3. The van der Waals surface area contributed by atoms with E-state index in [1.807, 2.05) is 18.2 Å². The van der Waals surface area contributed by atoms with E-state index in [9.17, 15) is 0 Å². The van der Waals surface area contributed by atoms with Gasteiger partial charge in [0.1, 0.15) is 11.2 Å². The molecule has 0 aliphatic carbocycles. The summed E-state index contributed by atoms with van der Waals surface area (Å²) >= 11 is 0. The van der Waals surface area contributed by atoms with Gasteiger partial charge in [-0.1, -0.05) is 200 Å². The van der Waals surface area contributed by atoms with Crippen molar-refractivity contribution in [3.05, 3.63) is 255 Å². The number of rotatable bonds is 9. The summed E-state index contributed by atoms with van der Waals surface area (Å²) in [5.74, 6) is 1.80. The Morgan fingerprint density at radius 3 is 1.33 bits per heavy atom. The average Bonchev–Trinajstić information content (AvgIpc) is 3.98. The highest BCUT2D eigenvalue weighted by molar-refractivity contribution is 7.19. The van der Waals surface area contributed by atoms with Crippen LogP contribution in [0.15, 0.2) is 259 Å². The van der Waals surface area contributed by atoms with Crippen LogP contribution < -0.4 is 20.7 Å². The second-order valence-corrected chi connectivity index (χ2v) is 21.3. The highest BCUT2D eigenvalue weighted by atomic mass is 28.3. The van der Waals surface area contributed by atoms with Crippen molar-refractivity contribution in [3.8, 4) is 51.0 Å². The molecule has 13 aromatic rings. The van der Waals surface area contributed by atoms with Crippen molar-refractivity contribution in [1.29, 1.82) is 0 Å². The Hall–Kier alpha value is -8.97. The van der Waals surface area contributed by atoms with Gasteiger partial charge in [-0.3, -0.25) is 0 Å². The first-order chi connectivity index (χ1) is 34.2. The number of hydrogen-bond acceptors (Lipinski definition) is 4. The van der Waals surface area contributed by atoms with Gasteiger partial charge >= 0.3 is 0 Å². The molecular formula is C63H42N4OSi. The monoisotopic (exact) mass is 898 g/mol. The Morgan fingerprint density at radius 1 is 0.319 bits per heavy atom. The molecule has 0 saturated heterocycles. The molecule has 5 nitrogen and oxygen atoms in total. The van der Waals surface area contributed by atoms with Gasteiger partial charge in [-0.2, -0.15) is 0 Å². The minimum atomic E-state index is -2.75. The molecule has 10 aromatic carbocycles. The second-order valence-electron chi connectivity index (χ2n) is 17.5. The van der Waals surface area contributed by atoms with Gasteiger partial charge in [0.15, 0.2) is 25.5 Å². The Labute approximate surface area is 400 Å². The minimum Gasteiger partial charge on any atom is -0.456 e. The largest absolute Gasteiger partial charge is 0.456 e. The van der Waals surface area contributed by atoms with Crippen LogP contribution in [0.25, 0.3) is 94.7 Å². The molecule has 0 aliphatic rings. The lowest BCUT2D eigenvalue weighted by Crippen LogP contribution is -2.74.